The van der Waals surface area contributed by atoms with Gasteiger partial charge in [-0.2, -0.15) is 0 Å². The summed E-state index contributed by atoms with van der Waals surface area (Å²) in [7, 11) is 2.20. The molecule has 0 aromatic heterocycles. The predicted octanol–water partition coefficient (Wildman–Crippen LogP) is 1.41. The highest BCUT2D eigenvalue weighted by atomic mass is 16.4. The number of hydrogen-bond acceptors (Lipinski definition) is 3. The number of likely N-dealkylation sites (tertiary alicyclic amines) is 1. The van der Waals surface area contributed by atoms with Crippen molar-refractivity contribution in [3.8, 4) is 0 Å². The van der Waals surface area contributed by atoms with Gasteiger partial charge in [-0.1, -0.05) is 0 Å². The van der Waals surface area contributed by atoms with Crippen molar-refractivity contribution < 1.29 is 9.90 Å². The van der Waals surface area contributed by atoms with E-state index >= 15 is 0 Å². The Morgan fingerprint density at radius 1 is 1.11 bits per heavy atom. The summed E-state index contributed by atoms with van der Waals surface area (Å²) >= 11 is 0. The summed E-state index contributed by atoms with van der Waals surface area (Å²) < 4.78 is 0. The average molecular weight is 252 g/mol. The van der Waals surface area contributed by atoms with Gasteiger partial charge in [0.15, 0.2) is 0 Å². The molecule has 3 fully saturated rings. The Balaban J connectivity index is 1.71. The monoisotopic (exact) mass is 252 g/mol. The average Bonchev–Trinajstić information content (AvgIpc) is 2.84. The molecule has 0 aromatic rings. The normalized spacial score (nSPS) is 42.1. The van der Waals surface area contributed by atoms with E-state index in [-0.39, 0.29) is 5.92 Å². The fourth-order valence-electron chi connectivity index (χ4n) is 4.39. The van der Waals surface area contributed by atoms with Crippen molar-refractivity contribution in [2.24, 2.45) is 5.92 Å². The van der Waals surface area contributed by atoms with E-state index in [9.17, 15) is 9.90 Å². The first-order valence-electron chi connectivity index (χ1n) is 7.35. The van der Waals surface area contributed by atoms with Gasteiger partial charge in [0.2, 0.25) is 0 Å². The van der Waals surface area contributed by atoms with Crippen LogP contribution in [0.1, 0.15) is 38.5 Å². The molecule has 102 valence electrons. The quantitative estimate of drug-likeness (QED) is 0.807. The third kappa shape index (κ3) is 2.05. The van der Waals surface area contributed by atoms with Gasteiger partial charge >= 0.3 is 5.97 Å². The van der Waals surface area contributed by atoms with Crippen molar-refractivity contribution in [1.29, 1.82) is 0 Å². The van der Waals surface area contributed by atoms with Crippen molar-refractivity contribution in [3.05, 3.63) is 0 Å². The van der Waals surface area contributed by atoms with Gasteiger partial charge in [-0.3, -0.25) is 9.69 Å². The van der Waals surface area contributed by atoms with Crippen LogP contribution in [-0.2, 0) is 4.79 Å². The first-order valence-corrected chi connectivity index (χ1v) is 7.35. The fourth-order valence-corrected chi connectivity index (χ4v) is 4.39. The molecule has 4 unspecified atom stereocenters. The number of carboxylic acids is 1. The molecule has 18 heavy (non-hydrogen) atoms. The number of aliphatic carboxylic acids is 1. The minimum absolute atomic E-state index is 0.0928. The molecule has 2 bridgehead atoms. The van der Waals surface area contributed by atoms with Crippen LogP contribution in [0.25, 0.3) is 0 Å². The van der Waals surface area contributed by atoms with Gasteiger partial charge in [0.1, 0.15) is 0 Å². The van der Waals surface area contributed by atoms with Crippen LogP contribution in [0.5, 0.6) is 0 Å². The highest BCUT2D eigenvalue weighted by Crippen LogP contribution is 2.44. The molecule has 3 heterocycles. The number of carboxylic acid groups (broad SMARTS) is 1. The molecule has 0 aliphatic carbocycles. The molecular weight excluding hydrogens is 228 g/mol. The van der Waals surface area contributed by atoms with E-state index in [0.717, 1.165) is 12.8 Å². The van der Waals surface area contributed by atoms with E-state index in [1.54, 1.807) is 0 Å². The highest BCUT2D eigenvalue weighted by Gasteiger charge is 2.51. The molecule has 4 heteroatoms. The number of hydrogen-bond donors (Lipinski definition) is 1. The zero-order valence-corrected chi connectivity index (χ0v) is 11.2. The second-order valence-corrected chi connectivity index (χ2v) is 6.31. The number of carbonyl (C=O) groups is 1. The second-order valence-electron chi connectivity index (χ2n) is 6.31. The Labute approximate surface area is 109 Å². The minimum atomic E-state index is -0.571. The zero-order valence-electron chi connectivity index (χ0n) is 11.2. The Morgan fingerprint density at radius 3 is 2.67 bits per heavy atom. The molecule has 4 nitrogen and oxygen atoms in total. The molecule has 4 atom stereocenters. The first-order chi connectivity index (χ1) is 8.66. The van der Waals surface area contributed by atoms with Crippen LogP contribution < -0.4 is 0 Å². The molecule has 0 aromatic carbocycles. The summed E-state index contributed by atoms with van der Waals surface area (Å²) in [6, 6.07) is 1.53. The number of fused-ring (bicyclic) bond motifs is 2. The van der Waals surface area contributed by atoms with E-state index in [1.807, 2.05) is 0 Å². The third-order valence-electron chi connectivity index (χ3n) is 5.25. The summed E-state index contributed by atoms with van der Waals surface area (Å²) in [6.45, 7) is 2.36. The van der Waals surface area contributed by atoms with Crippen molar-refractivity contribution in [1.82, 2.24) is 9.80 Å². The molecule has 1 N–H and O–H groups in total. The summed E-state index contributed by atoms with van der Waals surface area (Å²) in [6.07, 6.45) is 6.95. The lowest BCUT2D eigenvalue weighted by Gasteiger charge is -2.31. The van der Waals surface area contributed by atoms with Crippen molar-refractivity contribution in [3.63, 3.8) is 0 Å². The van der Waals surface area contributed by atoms with E-state index in [0.29, 0.717) is 18.1 Å². The van der Waals surface area contributed by atoms with Crippen LogP contribution in [0.3, 0.4) is 0 Å². The van der Waals surface area contributed by atoms with Gasteiger partial charge in [0, 0.05) is 18.1 Å². The number of rotatable bonds is 2. The van der Waals surface area contributed by atoms with Gasteiger partial charge in [0.25, 0.3) is 0 Å². The SMILES string of the molecule is CN1CCCC(N2C3CCC2C(C(=O)O)C3)CC1. The number of nitrogens with zero attached hydrogens (tertiary/aromatic N) is 2. The van der Waals surface area contributed by atoms with Gasteiger partial charge in [0.05, 0.1) is 5.92 Å². The molecule has 3 rings (SSSR count). The molecule has 0 spiro atoms. The Kier molecular flexibility index (Phi) is 3.32. The summed E-state index contributed by atoms with van der Waals surface area (Å²) in [5.41, 5.74) is 0. The standard InChI is InChI=1S/C14H24N2O2/c1-15-7-2-3-10(6-8-15)16-11-4-5-13(16)12(9-11)14(17)18/h10-13H,2-9H2,1H3,(H,17,18). The highest BCUT2D eigenvalue weighted by molar-refractivity contribution is 5.71. The molecule has 0 amide bonds. The lowest BCUT2D eigenvalue weighted by atomic mass is 9.89. The Morgan fingerprint density at radius 2 is 1.94 bits per heavy atom. The van der Waals surface area contributed by atoms with Gasteiger partial charge < -0.3 is 10.0 Å². The van der Waals surface area contributed by atoms with Crippen molar-refractivity contribution in [2.45, 2.75) is 56.7 Å². The minimum Gasteiger partial charge on any atom is -0.481 e. The van der Waals surface area contributed by atoms with Crippen molar-refractivity contribution >= 4 is 5.97 Å². The third-order valence-corrected chi connectivity index (χ3v) is 5.25. The smallest absolute Gasteiger partial charge is 0.308 e. The maximum Gasteiger partial charge on any atom is 0.308 e. The van der Waals surface area contributed by atoms with E-state index < -0.39 is 5.97 Å². The second kappa shape index (κ2) is 4.82. The van der Waals surface area contributed by atoms with Crippen LogP contribution in [0, 0.1) is 5.92 Å². The van der Waals surface area contributed by atoms with Crippen LogP contribution in [0.2, 0.25) is 0 Å². The van der Waals surface area contributed by atoms with E-state index in [4.69, 9.17) is 0 Å². The fraction of sp³-hybridized carbons (Fsp3) is 0.929. The largest absolute Gasteiger partial charge is 0.481 e. The van der Waals surface area contributed by atoms with E-state index in [1.165, 1.54) is 38.8 Å². The molecular formula is C14H24N2O2. The molecule has 3 saturated heterocycles. The molecule has 0 radical (unpaired) electrons. The zero-order chi connectivity index (χ0) is 12.7. The van der Waals surface area contributed by atoms with Crippen LogP contribution >= 0.6 is 0 Å². The summed E-state index contributed by atoms with van der Waals surface area (Å²) in [5, 5.41) is 9.31. The van der Waals surface area contributed by atoms with Crippen LogP contribution in [-0.4, -0.2) is 59.1 Å². The predicted molar refractivity (Wildman–Crippen MR) is 69.5 cm³/mol. The lowest BCUT2D eigenvalue weighted by molar-refractivity contribution is -0.142. The van der Waals surface area contributed by atoms with Gasteiger partial charge in [-0.15, -0.1) is 0 Å². The maximum atomic E-state index is 11.3. The molecule has 3 aliphatic rings. The van der Waals surface area contributed by atoms with Crippen LogP contribution in [0.4, 0.5) is 0 Å². The Bertz CT molecular complexity index is 334. The van der Waals surface area contributed by atoms with Gasteiger partial charge in [-0.25, -0.2) is 0 Å². The topological polar surface area (TPSA) is 43.8 Å². The van der Waals surface area contributed by atoms with Crippen molar-refractivity contribution in [2.75, 3.05) is 20.1 Å². The maximum absolute atomic E-state index is 11.3. The lowest BCUT2D eigenvalue weighted by Crippen LogP contribution is -2.41. The molecule has 3 aliphatic heterocycles. The summed E-state index contributed by atoms with van der Waals surface area (Å²) in [4.78, 5) is 16.3. The van der Waals surface area contributed by atoms with Crippen LogP contribution in [0.15, 0.2) is 0 Å². The Hall–Kier alpha value is -0.610. The molecule has 0 saturated carbocycles. The van der Waals surface area contributed by atoms with E-state index in [2.05, 4.69) is 16.8 Å². The first kappa shape index (κ1) is 12.4. The summed E-state index contributed by atoms with van der Waals surface area (Å²) in [5.74, 6) is -0.664. The van der Waals surface area contributed by atoms with Gasteiger partial charge in [-0.05, 0) is 58.7 Å².